The zero-order chi connectivity index (χ0) is 12.4. The Balaban J connectivity index is 2.35. The van der Waals surface area contributed by atoms with Crippen LogP contribution >= 0.6 is 27.7 Å². The van der Waals surface area contributed by atoms with Crippen molar-refractivity contribution in [2.45, 2.75) is 30.5 Å². The second kappa shape index (κ2) is 5.61. The number of benzene rings is 1. The minimum absolute atomic E-state index is 0.113. The molecule has 0 bridgehead atoms. The minimum atomic E-state index is -0.113. The Morgan fingerprint density at radius 3 is 2.94 bits per heavy atom. The van der Waals surface area contributed by atoms with Crippen LogP contribution in [0, 0.1) is 5.82 Å². The molecule has 0 N–H and O–H groups in total. The van der Waals surface area contributed by atoms with Gasteiger partial charge in [0.1, 0.15) is 5.82 Å². The lowest BCUT2D eigenvalue weighted by Gasteiger charge is -2.40. The third-order valence-corrected chi connectivity index (χ3v) is 5.32. The van der Waals surface area contributed by atoms with Gasteiger partial charge < -0.3 is 4.90 Å². The number of hydrogen-bond acceptors (Lipinski definition) is 2. The fraction of sp³-hybridized carbons (Fsp3) is 0.538. The first kappa shape index (κ1) is 13.2. The summed E-state index contributed by atoms with van der Waals surface area (Å²) >= 11 is 5.38. The van der Waals surface area contributed by atoms with Gasteiger partial charge in [-0.3, -0.25) is 0 Å². The maximum Gasteiger partial charge on any atom is 0.129 e. The summed E-state index contributed by atoms with van der Waals surface area (Å²) < 4.78 is 13.8. The number of nitrogens with zero attached hydrogens (tertiary/aromatic N) is 1. The van der Waals surface area contributed by atoms with Crippen LogP contribution in [0.3, 0.4) is 0 Å². The number of thioether (sulfide) groups is 1. The number of alkyl halides is 1. The van der Waals surface area contributed by atoms with E-state index in [2.05, 4.69) is 34.7 Å². The molecule has 0 amide bonds. The van der Waals surface area contributed by atoms with Crippen molar-refractivity contribution in [3.05, 3.63) is 29.6 Å². The van der Waals surface area contributed by atoms with Crippen LogP contribution in [0.5, 0.6) is 0 Å². The van der Waals surface area contributed by atoms with Gasteiger partial charge in [0.2, 0.25) is 0 Å². The zero-order valence-electron chi connectivity index (χ0n) is 10.1. The largest absolute Gasteiger partial charge is 0.367 e. The number of anilines is 1. The predicted octanol–water partition coefficient (Wildman–Crippen LogP) is 4.05. The van der Waals surface area contributed by atoms with Crippen LogP contribution in [0.2, 0.25) is 0 Å². The molecule has 2 atom stereocenters. The molecule has 1 heterocycles. The third kappa shape index (κ3) is 2.63. The van der Waals surface area contributed by atoms with Gasteiger partial charge in [0, 0.05) is 40.2 Å². The van der Waals surface area contributed by atoms with Gasteiger partial charge in [-0.2, -0.15) is 11.8 Å². The highest BCUT2D eigenvalue weighted by Gasteiger charge is 2.27. The van der Waals surface area contributed by atoms with Gasteiger partial charge in [0.15, 0.2) is 0 Å². The molecule has 2 unspecified atom stereocenters. The molecule has 1 saturated heterocycles. The summed E-state index contributed by atoms with van der Waals surface area (Å²) in [4.78, 5) is 2.33. The second-order valence-corrected chi connectivity index (χ2v) is 6.43. The summed E-state index contributed by atoms with van der Waals surface area (Å²) in [6.07, 6.45) is 0. The molecule has 1 fully saturated rings. The molecule has 1 aromatic rings. The first-order valence-electron chi connectivity index (χ1n) is 5.86. The highest BCUT2D eigenvalue weighted by molar-refractivity contribution is 9.08. The molecule has 4 heteroatoms. The molecular formula is C13H17BrFNS. The van der Waals surface area contributed by atoms with E-state index in [1.165, 1.54) is 6.07 Å². The molecule has 0 aromatic heterocycles. The first-order chi connectivity index (χ1) is 8.15. The van der Waals surface area contributed by atoms with Crippen molar-refractivity contribution >= 4 is 33.4 Å². The lowest BCUT2D eigenvalue weighted by atomic mass is 10.1. The Morgan fingerprint density at radius 2 is 2.24 bits per heavy atom. The van der Waals surface area contributed by atoms with E-state index in [9.17, 15) is 4.39 Å². The van der Waals surface area contributed by atoms with Crippen LogP contribution in [0.25, 0.3) is 0 Å². The van der Waals surface area contributed by atoms with Crippen molar-refractivity contribution in [2.24, 2.45) is 0 Å². The van der Waals surface area contributed by atoms with E-state index >= 15 is 0 Å². The van der Waals surface area contributed by atoms with Crippen LogP contribution in [-0.4, -0.2) is 23.6 Å². The van der Waals surface area contributed by atoms with Crippen molar-refractivity contribution in [3.63, 3.8) is 0 Å². The Labute approximate surface area is 115 Å². The molecule has 1 aliphatic rings. The van der Waals surface area contributed by atoms with Crippen LogP contribution in [0.15, 0.2) is 18.2 Å². The lowest BCUT2D eigenvalue weighted by Crippen LogP contribution is -2.45. The van der Waals surface area contributed by atoms with Crippen molar-refractivity contribution in [1.82, 2.24) is 0 Å². The standard InChI is InChI=1S/C13H17BrFNS/c1-9-10(2)17-7-6-16(9)13-5-3-4-12(15)11(13)8-14/h3-5,9-10H,6-8H2,1-2H3. The Kier molecular flexibility index (Phi) is 4.36. The first-order valence-corrected chi connectivity index (χ1v) is 8.03. The molecule has 1 aliphatic heterocycles. The topological polar surface area (TPSA) is 3.24 Å². The summed E-state index contributed by atoms with van der Waals surface area (Å²) in [6.45, 7) is 5.47. The maximum absolute atomic E-state index is 13.8. The number of halogens is 2. The van der Waals surface area contributed by atoms with Gasteiger partial charge in [-0.1, -0.05) is 28.9 Å². The van der Waals surface area contributed by atoms with Gasteiger partial charge >= 0.3 is 0 Å². The predicted molar refractivity (Wildman–Crippen MR) is 77.8 cm³/mol. The highest BCUT2D eigenvalue weighted by Crippen LogP contribution is 2.33. The van der Waals surface area contributed by atoms with Gasteiger partial charge in [-0.25, -0.2) is 4.39 Å². The highest BCUT2D eigenvalue weighted by atomic mass is 79.9. The molecule has 0 aliphatic carbocycles. The Hall–Kier alpha value is -0.220. The molecule has 94 valence electrons. The van der Waals surface area contributed by atoms with Gasteiger partial charge in [0.25, 0.3) is 0 Å². The van der Waals surface area contributed by atoms with Gasteiger partial charge in [0.05, 0.1) is 0 Å². The van der Waals surface area contributed by atoms with Crippen LogP contribution in [-0.2, 0) is 5.33 Å². The number of hydrogen-bond donors (Lipinski definition) is 0. The summed E-state index contributed by atoms with van der Waals surface area (Å²) in [5, 5.41) is 1.16. The van der Waals surface area contributed by atoms with E-state index in [0.29, 0.717) is 16.6 Å². The Morgan fingerprint density at radius 1 is 1.47 bits per heavy atom. The minimum Gasteiger partial charge on any atom is -0.367 e. The molecule has 0 spiro atoms. The fourth-order valence-electron chi connectivity index (χ4n) is 2.22. The van der Waals surface area contributed by atoms with E-state index < -0.39 is 0 Å². The molecule has 1 nitrogen and oxygen atoms in total. The van der Waals surface area contributed by atoms with Crippen molar-refractivity contribution < 1.29 is 4.39 Å². The molecule has 0 radical (unpaired) electrons. The van der Waals surface area contributed by atoms with E-state index in [1.54, 1.807) is 6.07 Å². The van der Waals surface area contributed by atoms with Crippen LogP contribution < -0.4 is 4.90 Å². The summed E-state index contributed by atoms with van der Waals surface area (Å²) in [5.41, 5.74) is 1.82. The van der Waals surface area contributed by atoms with E-state index in [4.69, 9.17) is 0 Å². The molecule has 2 rings (SSSR count). The quantitative estimate of drug-likeness (QED) is 0.757. The average Bonchev–Trinajstić information content (AvgIpc) is 2.32. The third-order valence-electron chi connectivity index (χ3n) is 3.42. The van der Waals surface area contributed by atoms with Gasteiger partial charge in [-0.15, -0.1) is 0 Å². The Bertz CT molecular complexity index is 399. The van der Waals surface area contributed by atoms with Crippen molar-refractivity contribution in [1.29, 1.82) is 0 Å². The van der Waals surface area contributed by atoms with E-state index in [1.807, 2.05) is 17.8 Å². The van der Waals surface area contributed by atoms with Gasteiger partial charge in [-0.05, 0) is 19.1 Å². The second-order valence-electron chi connectivity index (χ2n) is 4.38. The maximum atomic E-state index is 13.8. The lowest BCUT2D eigenvalue weighted by molar-refractivity contribution is 0.601. The summed E-state index contributed by atoms with van der Waals surface area (Å²) in [5.74, 6) is 1.00. The van der Waals surface area contributed by atoms with E-state index in [0.717, 1.165) is 23.5 Å². The fourth-order valence-corrected chi connectivity index (χ4v) is 3.88. The SMILES string of the molecule is CC1SCCN(c2cccc(F)c2CBr)C1C. The molecular weight excluding hydrogens is 301 g/mol. The monoisotopic (exact) mass is 317 g/mol. The van der Waals surface area contributed by atoms with Crippen LogP contribution in [0.1, 0.15) is 19.4 Å². The van der Waals surface area contributed by atoms with E-state index in [-0.39, 0.29) is 5.82 Å². The average molecular weight is 318 g/mol. The molecule has 0 saturated carbocycles. The smallest absolute Gasteiger partial charge is 0.129 e. The normalized spacial score (nSPS) is 25.1. The van der Waals surface area contributed by atoms with Crippen LogP contribution in [0.4, 0.5) is 10.1 Å². The summed E-state index contributed by atoms with van der Waals surface area (Å²) in [7, 11) is 0. The summed E-state index contributed by atoms with van der Waals surface area (Å²) in [6, 6.07) is 5.82. The van der Waals surface area contributed by atoms with Crippen molar-refractivity contribution in [2.75, 3.05) is 17.2 Å². The molecule has 1 aromatic carbocycles. The number of rotatable bonds is 2. The zero-order valence-corrected chi connectivity index (χ0v) is 12.5. The van der Waals surface area contributed by atoms with Crippen molar-refractivity contribution in [3.8, 4) is 0 Å². The molecule has 17 heavy (non-hydrogen) atoms.